The lowest BCUT2D eigenvalue weighted by atomic mass is 9.77. The van der Waals surface area contributed by atoms with Crippen molar-refractivity contribution in [2.45, 2.75) is 51.1 Å². The maximum Gasteiger partial charge on any atom is 0.214 e. The highest BCUT2D eigenvalue weighted by atomic mass is 32.2. The van der Waals surface area contributed by atoms with E-state index < -0.39 is 20.0 Å². The van der Waals surface area contributed by atoms with Crippen LogP contribution in [0, 0.1) is 12.8 Å². The van der Waals surface area contributed by atoms with E-state index in [1.807, 2.05) is 0 Å². The average Bonchev–Trinajstić information content (AvgIpc) is 2.74. The van der Waals surface area contributed by atoms with Crippen LogP contribution in [0.2, 0.25) is 0 Å². The molecule has 32 heavy (non-hydrogen) atoms. The van der Waals surface area contributed by atoms with Crippen molar-refractivity contribution in [1.29, 1.82) is 0 Å². The first-order valence-corrected chi connectivity index (χ1v) is 14.9. The van der Waals surface area contributed by atoms with Gasteiger partial charge in [0, 0.05) is 38.3 Å². The van der Waals surface area contributed by atoms with Crippen molar-refractivity contribution in [2.75, 3.05) is 45.3 Å². The molecule has 3 atom stereocenters. The molecule has 0 amide bonds. The number of sulfonamides is 2. The van der Waals surface area contributed by atoms with Crippen LogP contribution in [0.3, 0.4) is 0 Å². The lowest BCUT2D eigenvalue weighted by Crippen LogP contribution is -2.57. The number of methoxy groups -OCH3 is 1. The van der Waals surface area contributed by atoms with E-state index in [0.29, 0.717) is 12.5 Å². The van der Waals surface area contributed by atoms with Gasteiger partial charge < -0.3 is 4.74 Å². The Morgan fingerprint density at radius 2 is 1.97 bits per heavy atom. The summed E-state index contributed by atoms with van der Waals surface area (Å²) in [4.78, 5) is 2.54. The Balaban J connectivity index is 1.52. The lowest BCUT2D eigenvalue weighted by molar-refractivity contribution is 0.0219. The van der Waals surface area contributed by atoms with Crippen LogP contribution in [-0.4, -0.2) is 77.4 Å². The number of fused-ring (bicyclic) bond motifs is 4. The Morgan fingerprint density at radius 1 is 1.19 bits per heavy atom. The van der Waals surface area contributed by atoms with Gasteiger partial charge in [-0.2, -0.15) is 4.31 Å². The first-order chi connectivity index (χ1) is 15.1. The summed E-state index contributed by atoms with van der Waals surface area (Å²) in [7, 11) is -5.05. The summed E-state index contributed by atoms with van der Waals surface area (Å²) in [6, 6.07) is 4.61. The molecule has 2 saturated heterocycles. The molecule has 1 aromatic carbocycles. The molecule has 0 saturated carbocycles. The zero-order valence-electron chi connectivity index (χ0n) is 19.2. The monoisotopic (exact) mass is 485 g/mol. The Kier molecular flexibility index (Phi) is 6.89. The molecular weight excluding hydrogens is 450 g/mol. The first-order valence-electron chi connectivity index (χ1n) is 11.4. The molecule has 180 valence electrons. The molecule has 1 N–H and O–H groups in total. The van der Waals surface area contributed by atoms with Crippen LogP contribution >= 0.6 is 0 Å². The highest BCUT2D eigenvalue weighted by molar-refractivity contribution is 7.89. The number of nitrogens with zero attached hydrogens (tertiary/aromatic N) is 2. The maximum atomic E-state index is 13.2. The number of hydrogen-bond donors (Lipinski definition) is 1. The van der Waals surface area contributed by atoms with Gasteiger partial charge in [0.05, 0.1) is 19.1 Å². The molecule has 4 rings (SSSR count). The number of rotatable bonds is 7. The van der Waals surface area contributed by atoms with E-state index in [-0.39, 0.29) is 30.8 Å². The fraction of sp³-hybridized carbons (Fsp3) is 0.727. The molecule has 0 aromatic heterocycles. The molecule has 2 fully saturated rings. The summed E-state index contributed by atoms with van der Waals surface area (Å²) < 4.78 is 58.6. The second-order valence-corrected chi connectivity index (χ2v) is 13.3. The second kappa shape index (κ2) is 9.21. The van der Waals surface area contributed by atoms with E-state index in [1.54, 1.807) is 11.4 Å². The summed E-state index contributed by atoms with van der Waals surface area (Å²) in [5.41, 5.74) is 3.74. The summed E-state index contributed by atoms with van der Waals surface area (Å²) in [5.74, 6) is 1.24. The minimum absolute atomic E-state index is 0.00576. The molecular formula is C22H35N3O5S2. The highest BCUT2D eigenvalue weighted by Crippen LogP contribution is 2.44. The van der Waals surface area contributed by atoms with Gasteiger partial charge in [-0.25, -0.2) is 21.6 Å². The third-order valence-electron chi connectivity index (χ3n) is 7.23. The summed E-state index contributed by atoms with van der Waals surface area (Å²) in [5, 5.41) is 0. The Labute approximate surface area is 192 Å². The Morgan fingerprint density at radius 3 is 2.69 bits per heavy atom. The van der Waals surface area contributed by atoms with Crippen molar-refractivity contribution in [3.8, 4) is 5.75 Å². The van der Waals surface area contributed by atoms with Crippen LogP contribution in [-0.2, 0) is 26.5 Å². The number of hydrogen-bond acceptors (Lipinski definition) is 6. The van der Waals surface area contributed by atoms with Crippen molar-refractivity contribution < 1.29 is 21.6 Å². The van der Waals surface area contributed by atoms with Crippen LogP contribution in [0.5, 0.6) is 5.75 Å². The van der Waals surface area contributed by atoms with Crippen molar-refractivity contribution in [3.05, 3.63) is 28.8 Å². The Hall–Kier alpha value is -1.20. The van der Waals surface area contributed by atoms with Crippen molar-refractivity contribution >= 4 is 20.0 Å². The van der Waals surface area contributed by atoms with Crippen LogP contribution in [0.1, 0.15) is 48.4 Å². The molecule has 8 nitrogen and oxygen atoms in total. The van der Waals surface area contributed by atoms with Gasteiger partial charge in [0.1, 0.15) is 5.75 Å². The van der Waals surface area contributed by atoms with Crippen molar-refractivity contribution in [3.63, 3.8) is 0 Å². The van der Waals surface area contributed by atoms with E-state index in [2.05, 4.69) is 28.7 Å². The quantitative estimate of drug-likeness (QED) is 0.590. The topological polar surface area (TPSA) is 96.0 Å². The van der Waals surface area contributed by atoms with Crippen molar-refractivity contribution in [1.82, 2.24) is 13.9 Å². The zero-order chi connectivity index (χ0) is 23.1. The standard InChI is InChI=1S/C22H35N3O5S2/c1-16-12-19-17(13-22(16)30-2)7-10-24-15-18-6-4-9-25(20(18)14-21(19)24)32(28,29)11-5-8-23-31(3,26)27/h12-13,18,20-21,23H,4-11,14-15H2,1-3H3/t18-,20+,21+/m1/s1. The first kappa shape index (κ1) is 23.9. The molecule has 0 bridgehead atoms. The molecule has 1 aromatic rings. The molecule has 3 aliphatic rings. The predicted octanol–water partition coefficient (Wildman–Crippen LogP) is 1.66. The predicted molar refractivity (Wildman–Crippen MR) is 125 cm³/mol. The third kappa shape index (κ3) is 4.99. The SMILES string of the molecule is COc1cc2c(cc1C)[C@@H]1C[C@H]3[C@H](CCCN3S(=O)(=O)CCCNS(C)(=O)=O)CN1CC2. The number of piperidine rings is 2. The molecule has 0 unspecified atom stereocenters. The number of benzene rings is 1. The highest BCUT2D eigenvalue weighted by Gasteiger charge is 2.45. The van der Waals surface area contributed by atoms with Crippen LogP contribution in [0.15, 0.2) is 12.1 Å². The van der Waals surface area contributed by atoms with E-state index in [9.17, 15) is 16.8 Å². The van der Waals surface area contributed by atoms with Crippen LogP contribution in [0.4, 0.5) is 0 Å². The molecule has 0 radical (unpaired) electrons. The van der Waals surface area contributed by atoms with Gasteiger partial charge in [0.15, 0.2) is 0 Å². The van der Waals surface area contributed by atoms with Gasteiger partial charge in [0.2, 0.25) is 20.0 Å². The fourth-order valence-corrected chi connectivity index (χ4v) is 8.08. The third-order valence-corrected chi connectivity index (χ3v) is 9.93. The van der Waals surface area contributed by atoms with E-state index >= 15 is 0 Å². The second-order valence-electron chi connectivity index (χ2n) is 9.43. The van der Waals surface area contributed by atoms with Gasteiger partial charge in [0.25, 0.3) is 0 Å². The lowest BCUT2D eigenvalue weighted by Gasteiger charge is -2.51. The number of aryl methyl sites for hydroxylation is 1. The fourth-order valence-electron chi connectivity index (χ4n) is 5.74. The maximum absolute atomic E-state index is 13.2. The molecule has 3 aliphatic heterocycles. The van der Waals surface area contributed by atoms with Gasteiger partial charge in [-0.15, -0.1) is 0 Å². The molecule has 0 aliphatic carbocycles. The van der Waals surface area contributed by atoms with E-state index in [4.69, 9.17) is 4.74 Å². The smallest absolute Gasteiger partial charge is 0.214 e. The van der Waals surface area contributed by atoms with Gasteiger partial charge in [-0.05, 0) is 67.7 Å². The normalized spacial score (nSPS) is 26.8. The van der Waals surface area contributed by atoms with Gasteiger partial charge in [-0.3, -0.25) is 4.90 Å². The summed E-state index contributed by atoms with van der Waals surface area (Å²) >= 11 is 0. The largest absolute Gasteiger partial charge is 0.496 e. The Bertz CT molecular complexity index is 1060. The van der Waals surface area contributed by atoms with Crippen LogP contribution in [0.25, 0.3) is 0 Å². The molecule has 10 heteroatoms. The molecule has 0 spiro atoms. The number of nitrogens with one attached hydrogen (secondary N) is 1. The molecule has 3 heterocycles. The number of ether oxygens (including phenoxy) is 1. The minimum Gasteiger partial charge on any atom is -0.496 e. The minimum atomic E-state index is -3.45. The van der Waals surface area contributed by atoms with Gasteiger partial charge >= 0.3 is 0 Å². The van der Waals surface area contributed by atoms with Crippen LogP contribution < -0.4 is 9.46 Å². The summed E-state index contributed by atoms with van der Waals surface area (Å²) in [6.07, 6.45) is 5.11. The van der Waals surface area contributed by atoms with E-state index in [0.717, 1.165) is 56.3 Å². The average molecular weight is 486 g/mol. The summed E-state index contributed by atoms with van der Waals surface area (Å²) in [6.45, 7) is 4.69. The zero-order valence-corrected chi connectivity index (χ0v) is 20.8. The van der Waals surface area contributed by atoms with Crippen molar-refractivity contribution in [2.24, 2.45) is 5.92 Å². The van der Waals surface area contributed by atoms with Gasteiger partial charge in [-0.1, -0.05) is 6.07 Å². The van der Waals surface area contributed by atoms with E-state index in [1.165, 1.54) is 11.1 Å².